The third-order valence-electron chi connectivity index (χ3n) is 3.08. The molecule has 2 rings (SSSR count). The lowest BCUT2D eigenvalue weighted by Gasteiger charge is -2.22. The van der Waals surface area contributed by atoms with Gasteiger partial charge in [0.25, 0.3) is 0 Å². The Bertz CT molecular complexity index is 479. The average Bonchev–Trinajstić information content (AvgIpc) is 2.98. The van der Waals surface area contributed by atoms with Crippen LogP contribution in [0.2, 0.25) is 0 Å². The summed E-state index contributed by atoms with van der Waals surface area (Å²) in [6, 6.07) is 13.6. The maximum Gasteiger partial charge on any atom is 0.121 e. The summed E-state index contributed by atoms with van der Waals surface area (Å²) >= 11 is 0. The summed E-state index contributed by atoms with van der Waals surface area (Å²) in [4.78, 5) is 0. The Morgan fingerprint density at radius 2 is 1.95 bits per heavy atom. The minimum atomic E-state index is -0.115. The van der Waals surface area contributed by atoms with Gasteiger partial charge in [-0.25, -0.2) is 0 Å². The zero-order chi connectivity index (χ0) is 13.5. The lowest BCUT2D eigenvalue weighted by molar-refractivity contribution is 0.227. The van der Waals surface area contributed by atoms with Crippen molar-refractivity contribution < 1.29 is 9.52 Å². The fraction of sp³-hybridized carbons (Fsp3) is 0.250. The summed E-state index contributed by atoms with van der Waals surface area (Å²) in [5, 5.41) is 13.0. The molecule has 0 aliphatic rings. The van der Waals surface area contributed by atoms with Crippen molar-refractivity contribution in [3.05, 3.63) is 72.7 Å². The number of hydrogen-bond acceptors (Lipinski definition) is 3. The Morgan fingerprint density at radius 1 is 1.16 bits per heavy atom. The monoisotopic (exact) mass is 257 g/mol. The Balaban J connectivity index is 2.13. The highest BCUT2D eigenvalue weighted by atomic mass is 16.3. The maximum atomic E-state index is 9.58. The molecule has 0 amide bonds. The van der Waals surface area contributed by atoms with Crippen LogP contribution in [0, 0.1) is 0 Å². The van der Waals surface area contributed by atoms with E-state index in [1.54, 1.807) is 6.26 Å². The highest BCUT2D eigenvalue weighted by Crippen LogP contribution is 2.23. The maximum absolute atomic E-state index is 9.58. The van der Waals surface area contributed by atoms with Crippen molar-refractivity contribution in [2.24, 2.45) is 0 Å². The minimum Gasteiger partial charge on any atom is -0.468 e. The first-order chi connectivity index (χ1) is 9.35. The molecule has 19 heavy (non-hydrogen) atoms. The van der Waals surface area contributed by atoms with Crippen LogP contribution in [-0.4, -0.2) is 11.7 Å². The third-order valence-corrected chi connectivity index (χ3v) is 3.08. The van der Waals surface area contributed by atoms with Gasteiger partial charge in [-0.2, -0.15) is 0 Å². The van der Waals surface area contributed by atoms with Crippen LogP contribution in [0.25, 0.3) is 0 Å². The number of aliphatic hydroxyl groups is 1. The van der Waals surface area contributed by atoms with Crippen LogP contribution in [0.4, 0.5) is 0 Å². The Kier molecular flexibility index (Phi) is 4.95. The predicted molar refractivity (Wildman–Crippen MR) is 75.7 cm³/mol. The van der Waals surface area contributed by atoms with E-state index in [4.69, 9.17) is 4.42 Å². The van der Waals surface area contributed by atoms with E-state index in [-0.39, 0.29) is 18.7 Å². The van der Waals surface area contributed by atoms with Gasteiger partial charge in [0.2, 0.25) is 0 Å². The molecule has 0 aliphatic heterocycles. The Hall–Kier alpha value is -1.84. The topological polar surface area (TPSA) is 45.4 Å². The molecule has 100 valence electrons. The van der Waals surface area contributed by atoms with Crippen LogP contribution in [0.3, 0.4) is 0 Å². The van der Waals surface area contributed by atoms with Gasteiger partial charge in [0.1, 0.15) is 5.76 Å². The first-order valence-corrected chi connectivity index (χ1v) is 6.41. The summed E-state index contributed by atoms with van der Waals surface area (Å²) in [5.41, 5.74) is 1.06. The number of aliphatic hydroxyl groups excluding tert-OH is 1. The summed E-state index contributed by atoms with van der Waals surface area (Å²) in [7, 11) is 0. The third kappa shape index (κ3) is 3.56. The smallest absolute Gasteiger partial charge is 0.121 e. The van der Waals surface area contributed by atoms with Gasteiger partial charge >= 0.3 is 0 Å². The molecule has 1 heterocycles. The molecule has 0 radical (unpaired) electrons. The van der Waals surface area contributed by atoms with Crippen molar-refractivity contribution in [1.82, 2.24) is 5.32 Å². The van der Waals surface area contributed by atoms with Gasteiger partial charge < -0.3 is 9.52 Å². The Morgan fingerprint density at radius 3 is 2.53 bits per heavy atom. The average molecular weight is 257 g/mol. The molecule has 3 nitrogen and oxygen atoms in total. The predicted octanol–water partition coefficient (Wildman–Crippen LogP) is 3.22. The molecule has 2 aromatic rings. The van der Waals surface area contributed by atoms with Crippen LogP contribution in [-0.2, 0) is 0 Å². The van der Waals surface area contributed by atoms with Gasteiger partial charge in [-0.1, -0.05) is 36.4 Å². The van der Waals surface area contributed by atoms with E-state index in [1.165, 1.54) is 0 Å². The van der Waals surface area contributed by atoms with E-state index >= 15 is 0 Å². The molecule has 0 aliphatic carbocycles. The van der Waals surface area contributed by atoms with Gasteiger partial charge in [0.05, 0.1) is 25.0 Å². The number of hydrogen-bond donors (Lipinski definition) is 2. The quantitative estimate of drug-likeness (QED) is 0.749. The van der Waals surface area contributed by atoms with E-state index in [2.05, 4.69) is 11.9 Å². The number of furan rings is 1. The van der Waals surface area contributed by atoms with Crippen molar-refractivity contribution in [3.8, 4) is 0 Å². The highest BCUT2D eigenvalue weighted by molar-refractivity contribution is 5.20. The molecule has 1 aromatic carbocycles. The zero-order valence-electron chi connectivity index (χ0n) is 10.8. The van der Waals surface area contributed by atoms with Gasteiger partial charge in [-0.05, 0) is 24.1 Å². The fourth-order valence-electron chi connectivity index (χ4n) is 2.11. The largest absolute Gasteiger partial charge is 0.468 e. The van der Waals surface area contributed by atoms with E-state index in [9.17, 15) is 5.11 Å². The molecule has 0 saturated heterocycles. The second-order valence-electron chi connectivity index (χ2n) is 4.40. The first-order valence-electron chi connectivity index (χ1n) is 6.41. The molecule has 0 unspecified atom stereocenters. The highest BCUT2D eigenvalue weighted by Gasteiger charge is 2.18. The lowest BCUT2D eigenvalue weighted by Crippen LogP contribution is -2.28. The molecule has 3 heteroatoms. The van der Waals surface area contributed by atoms with Crippen LogP contribution >= 0.6 is 0 Å². The minimum absolute atomic E-state index is 0.0184. The summed E-state index contributed by atoms with van der Waals surface area (Å²) in [6.07, 6.45) is 4.25. The number of rotatable bonds is 7. The van der Waals surface area contributed by atoms with Gasteiger partial charge in [-0.3, -0.25) is 5.32 Å². The van der Waals surface area contributed by atoms with Crippen molar-refractivity contribution in [1.29, 1.82) is 0 Å². The van der Waals surface area contributed by atoms with Crippen molar-refractivity contribution in [2.75, 3.05) is 6.61 Å². The molecule has 2 N–H and O–H groups in total. The zero-order valence-corrected chi connectivity index (χ0v) is 10.8. The number of benzene rings is 1. The summed E-state index contributed by atoms with van der Waals surface area (Å²) in [5.74, 6) is 0.856. The molecular weight excluding hydrogens is 238 g/mol. The lowest BCUT2D eigenvalue weighted by atomic mass is 10.0. The fourth-order valence-corrected chi connectivity index (χ4v) is 2.11. The van der Waals surface area contributed by atoms with Crippen molar-refractivity contribution in [2.45, 2.75) is 18.5 Å². The van der Waals surface area contributed by atoms with Crippen molar-refractivity contribution >= 4 is 0 Å². The normalized spacial score (nSPS) is 13.9. The molecule has 0 fully saturated rings. The SMILES string of the molecule is C=CC[C@@H](N[C@@H](CO)c1ccccc1)c1ccco1. The van der Waals surface area contributed by atoms with Gasteiger partial charge in [0, 0.05) is 0 Å². The Labute approximate surface area is 113 Å². The van der Waals surface area contributed by atoms with Gasteiger partial charge in [0.15, 0.2) is 0 Å². The van der Waals surface area contributed by atoms with Crippen LogP contribution < -0.4 is 5.32 Å². The van der Waals surface area contributed by atoms with Gasteiger partial charge in [-0.15, -0.1) is 6.58 Å². The second-order valence-corrected chi connectivity index (χ2v) is 4.40. The molecule has 0 spiro atoms. The standard InChI is InChI=1S/C16H19NO2/c1-2-7-14(16-10-6-11-19-16)17-15(12-18)13-8-4-3-5-9-13/h2-6,8-11,14-15,17-18H,1,7,12H2/t14-,15+/m1/s1. The van der Waals surface area contributed by atoms with E-state index in [1.807, 2.05) is 48.5 Å². The van der Waals surface area contributed by atoms with E-state index < -0.39 is 0 Å². The molecule has 0 saturated carbocycles. The molecular formula is C16H19NO2. The molecule has 2 atom stereocenters. The summed E-state index contributed by atoms with van der Waals surface area (Å²) in [6.45, 7) is 3.81. The molecule has 0 bridgehead atoms. The van der Waals surface area contributed by atoms with E-state index in [0.29, 0.717) is 0 Å². The van der Waals surface area contributed by atoms with Crippen LogP contribution in [0.5, 0.6) is 0 Å². The van der Waals surface area contributed by atoms with Crippen LogP contribution in [0.15, 0.2) is 65.8 Å². The van der Waals surface area contributed by atoms with Crippen LogP contribution in [0.1, 0.15) is 29.8 Å². The van der Waals surface area contributed by atoms with E-state index in [0.717, 1.165) is 17.7 Å². The summed E-state index contributed by atoms with van der Waals surface area (Å²) < 4.78 is 5.44. The second kappa shape index (κ2) is 6.92. The first kappa shape index (κ1) is 13.6. The number of nitrogens with one attached hydrogen (secondary N) is 1. The molecule has 1 aromatic heterocycles. The van der Waals surface area contributed by atoms with Crippen molar-refractivity contribution in [3.63, 3.8) is 0 Å².